The minimum Gasteiger partial charge on any atom is -0.352 e. The van der Waals surface area contributed by atoms with Gasteiger partial charge >= 0.3 is 0 Å². The van der Waals surface area contributed by atoms with E-state index in [1.807, 2.05) is 6.07 Å². The molecule has 0 saturated carbocycles. The number of anilines is 2. The Morgan fingerprint density at radius 3 is 3.00 bits per heavy atom. The highest BCUT2D eigenvalue weighted by Gasteiger charge is 2.29. The quantitative estimate of drug-likeness (QED) is 0.411. The molecule has 0 radical (unpaired) electrons. The molecule has 1 N–H and O–H groups in total. The number of likely N-dealkylation sites (N-methyl/N-ethyl adjacent to an activating group) is 1. The van der Waals surface area contributed by atoms with Crippen molar-refractivity contribution in [1.29, 1.82) is 0 Å². The molecule has 0 amide bonds. The standard InChI is InChI=1S/C22H23FN4S2/c1-3-27-8-4-5-14(13(27)2)20-9-15-17(6-7-24-22(15)29-20)26-18-11-19-21(10-16(18)23)28-12-25-19/h6-7,9-14H,3-5,8H2,1-2H3,(H,24,26)/t13-,14-/m1/s1. The minimum absolute atomic E-state index is 0.262. The maximum absolute atomic E-state index is 14.6. The lowest BCUT2D eigenvalue weighted by molar-refractivity contribution is 0.148. The van der Waals surface area contributed by atoms with Gasteiger partial charge in [0.05, 0.1) is 27.1 Å². The Bertz CT molecular complexity index is 1170. The second-order valence-electron chi connectivity index (χ2n) is 7.62. The van der Waals surface area contributed by atoms with Gasteiger partial charge in [-0.1, -0.05) is 6.92 Å². The number of hydrogen-bond donors (Lipinski definition) is 1. The number of hydrogen-bond acceptors (Lipinski definition) is 6. The fourth-order valence-corrected chi connectivity index (χ4v) is 6.35. The molecule has 1 saturated heterocycles. The van der Waals surface area contributed by atoms with Crippen molar-refractivity contribution >= 4 is 54.5 Å². The lowest BCUT2D eigenvalue weighted by atomic mass is 9.89. The van der Waals surface area contributed by atoms with Gasteiger partial charge in [-0.3, -0.25) is 0 Å². The Kier molecular flexibility index (Phi) is 4.97. The van der Waals surface area contributed by atoms with Crippen molar-refractivity contribution in [2.24, 2.45) is 0 Å². The van der Waals surface area contributed by atoms with E-state index in [1.165, 1.54) is 35.6 Å². The maximum atomic E-state index is 14.6. The molecular weight excluding hydrogens is 403 g/mol. The number of rotatable bonds is 4. The molecule has 150 valence electrons. The van der Waals surface area contributed by atoms with Gasteiger partial charge in [0.25, 0.3) is 0 Å². The number of fused-ring (bicyclic) bond motifs is 2. The summed E-state index contributed by atoms with van der Waals surface area (Å²) in [7, 11) is 0. The lowest BCUT2D eigenvalue weighted by Crippen LogP contribution is -2.41. The number of halogens is 1. The molecule has 1 aromatic carbocycles. The molecule has 1 aliphatic heterocycles. The van der Waals surface area contributed by atoms with Crippen molar-refractivity contribution in [3.05, 3.63) is 46.7 Å². The number of piperidine rings is 1. The van der Waals surface area contributed by atoms with Crippen LogP contribution in [-0.4, -0.2) is 34.0 Å². The van der Waals surface area contributed by atoms with Crippen molar-refractivity contribution in [3.8, 4) is 0 Å². The summed E-state index contributed by atoms with van der Waals surface area (Å²) >= 11 is 3.22. The zero-order chi connectivity index (χ0) is 20.0. The third-order valence-electron chi connectivity index (χ3n) is 6.03. The van der Waals surface area contributed by atoms with Crippen molar-refractivity contribution in [2.45, 2.75) is 38.6 Å². The van der Waals surface area contributed by atoms with Crippen molar-refractivity contribution in [2.75, 3.05) is 18.4 Å². The normalized spacial score (nSPS) is 20.5. The summed E-state index contributed by atoms with van der Waals surface area (Å²) in [5, 5.41) is 4.35. The summed E-state index contributed by atoms with van der Waals surface area (Å²) in [6.45, 7) is 6.85. The number of benzene rings is 1. The Hall–Kier alpha value is -2.09. The fraction of sp³-hybridized carbons (Fsp3) is 0.364. The van der Waals surface area contributed by atoms with Crippen LogP contribution < -0.4 is 5.32 Å². The SMILES string of the molecule is CCN1CCC[C@@H](c2cc3c(Nc4cc5ncsc5cc4F)ccnc3s2)[C@H]1C. The smallest absolute Gasteiger partial charge is 0.148 e. The van der Waals surface area contributed by atoms with Crippen LogP contribution in [0, 0.1) is 5.82 Å². The number of pyridine rings is 1. The van der Waals surface area contributed by atoms with E-state index in [4.69, 9.17) is 0 Å². The third kappa shape index (κ3) is 3.41. The zero-order valence-corrected chi connectivity index (χ0v) is 18.1. The van der Waals surface area contributed by atoms with Crippen molar-refractivity contribution in [3.63, 3.8) is 0 Å². The first-order valence-corrected chi connectivity index (χ1v) is 11.8. The molecule has 5 rings (SSSR count). The van der Waals surface area contributed by atoms with Gasteiger partial charge in [-0.2, -0.15) is 0 Å². The predicted octanol–water partition coefficient (Wildman–Crippen LogP) is 6.38. The number of nitrogens with one attached hydrogen (secondary N) is 1. The molecule has 0 spiro atoms. The van der Waals surface area contributed by atoms with E-state index < -0.39 is 0 Å². The molecule has 7 heteroatoms. The highest BCUT2D eigenvalue weighted by Crippen LogP contribution is 2.40. The summed E-state index contributed by atoms with van der Waals surface area (Å²) in [5.74, 6) is 0.264. The van der Waals surface area contributed by atoms with Gasteiger partial charge in [0.1, 0.15) is 10.6 Å². The first-order valence-electron chi connectivity index (χ1n) is 10.1. The van der Waals surface area contributed by atoms with Gasteiger partial charge in [-0.05, 0) is 57.1 Å². The van der Waals surface area contributed by atoms with Crippen LogP contribution in [0.4, 0.5) is 15.8 Å². The van der Waals surface area contributed by atoms with Gasteiger partial charge in [0, 0.05) is 28.4 Å². The van der Waals surface area contributed by atoms with Gasteiger partial charge in [-0.25, -0.2) is 14.4 Å². The molecule has 0 unspecified atom stereocenters. The second kappa shape index (κ2) is 7.63. The minimum atomic E-state index is -0.262. The van der Waals surface area contributed by atoms with Crippen LogP contribution >= 0.6 is 22.7 Å². The summed E-state index contributed by atoms with van der Waals surface area (Å²) in [6.07, 6.45) is 4.24. The maximum Gasteiger partial charge on any atom is 0.148 e. The number of nitrogens with zero attached hydrogens (tertiary/aromatic N) is 3. The molecule has 2 atom stereocenters. The van der Waals surface area contributed by atoms with Gasteiger partial charge < -0.3 is 10.2 Å². The predicted molar refractivity (Wildman–Crippen MR) is 121 cm³/mol. The van der Waals surface area contributed by atoms with Gasteiger partial charge in [-0.15, -0.1) is 22.7 Å². The van der Waals surface area contributed by atoms with Crippen LogP contribution in [0.3, 0.4) is 0 Å². The highest BCUT2D eigenvalue weighted by atomic mass is 32.1. The average molecular weight is 427 g/mol. The molecular formula is C22H23FN4S2. The van der Waals surface area contributed by atoms with Crippen molar-refractivity contribution < 1.29 is 4.39 Å². The first-order chi connectivity index (χ1) is 14.1. The van der Waals surface area contributed by atoms with E-state index in [0.717, 1.165) is 32.7 Å². The number of thiazole rings is 1. The van der Waals surface area contributed by atoms with E-state index in [-0.39, 0.29) is 5.82 Å². The monoisotopic (exact) mass is 426 g/mol. The van der Waals surface area contributed by atoms with E-state index in [1.54, 1.807) is 35.2 Å². The lowest BCUT2D eigenvalue weighted by Gasteiger charge is -2.38. The molecule has 4 heterocycles. The van der Waals surface area contributed by atoms with E-state index >= 15 is 0 Å². The van der Waals surface area contributed by atoms with Gasteiger partial charge in [0.2, 0.25) is 0 Å². The Balaban J connectivity index is 1.51. The molecule has 3 aromatic heterocycles. The number of likely N-dealkylation sites (tertiary alicyclic amines) is 1. The number of aromatic nitrogens is 2. The molecule has 0 aliphatic carbocycles. The van der Waals surface area contributed by atoms with Crippen LogP contribution in [0.5, 0.6) is 0 Å². The topological polar surface area (TPSA) is 41.0 Å². The summed E-state index contributed by atoms with van der Waals surface area (Å²) in [4.78, 5) is 13.8. The molecule has 4 nitrogen and oxygen atoms in total. The second-order valence-corrected chi connectivity index (χ2v) is 9.57. The summed E-state index contributed by atoms with van der Waals surface area (Å²) in [5.41, 5.74) is 3.90. The molecule has 4 aromatic rings. The summed E-state index contributed by atoms with van der Waals surface area (Å²) in [6, 6.07) is 8.04. The van der Waals surface area contributed by atoms with Crippen LogP contribution in [0.2, 0.25) is 0 Å². The molecule has 1 aliphatic rings. The Morgan fingerprint density at radius 2 is 2.14 bits per heavy atom. The Morgan fingerprint density at radius 1 is 1.24 bits per heavy atom. The molecule has 29 heavy (non-hydrogen) atoms. The van der Waals surface area contributed by atoms with Crippen LogP contribution in [0.15, 0.2) is 36.0 Å². The van der Waals surface area contributed by atoms with Crippen LogP contribution in [0.1, 0.15) is 37.5 Å². The van der Waals surface area contributed by atoms with E-state index in [2.05, 4.69) is 40.1 Å². The van der Waals surface area contributed by atoms with Crippen LogP contribution in [0.25, 0.3) is 20.4 Å². The van der Waals surface area contributed by atoms with Crippen LogP contribution in [-0.2, 0) is 0 Å². The fourth-order valence-electron chi connectivity index (χ4n) is 4.41. The van der Waals surface area contributed by atoms with Gasteiger partial charge in [0.15, 0.2) is 0 Å². The highest BCUT2D eigenvalue weighted by molar-refractivity contribution is 7.18. The zero-order valence-electron chi connectivity index (χ0n) is 16.5. The first kappa shape index (κ1) is 18.9. The number of thiophene rings is 1. The van der Waals surface area contributed by atoms with Crippen molar-refractivity contribution in [1.82, 2.24) is 14.9 Å². The van der Waals surface area contributed by atoms with E-state index in [9.17, 15) is 4.39 Å². The molecule has 1 fully saturated rings. The molecule has 0 bridgehead atoms. The largest absolute Gasteiger partial charge is 0.352 e. The van der Waals surface area contributed by atoms with E-state index in [0.29, 0.717) is 17.6 Å². The summed E-state index contributed by atoms with van der Waals surface area (Å²) < 4.78 is 15.5. The average Bonchev–Trinajstić information content (AvgIpc) is 3.35. The third-order valence-corrected chi connectivity index (χ3v) is 8.00. The Labute approximate surface area is 177 Å².